The van der Waals surface area contributed by atoms with Crippen molar-refractivity contribution in [2.24, 2.45) is 5.92 Å². The fourth-order valence-corrected chi connectivity index (χ4v) is 3.70. The Kier molecular flexibility index (Phi) is 3.56. The van der Waals surface area contributed by atoms with Crippen LogP contribution in [0.1, 0.15) is 43.9 Å². The van der Waals surface area contributed by atoms with Crippen LogP contribution in [-0.2, 0) is 0 Å². The smallest absolute Gasteiger partial charge is 0.0995 e. The Morgan fingerprint density at radius 2 is 2.06 bits per heavy atom. The van der Waals surface area contributed by atoms with Gasteiger partial charge in [-0.3, -0.25) is 4.40 Å². The van der Waals surface area contributed by atoms with E-state index in [1.165, 1.54) is 19.3 Å². The van der Waals surface area contributed by atoms with Crippen LogP contribution in [0, 0.1) is 9.49 Å². The van der Waals surface area contributed by atoms with Gasteiger partial charge < -0.3 is 5.11 Å². The van der Waals surface area contributed by atoms with Crippen molar-refractivity contribution in [3.05, 3.63) is 33.9 Å². The first-order valence-electron chi connectivity index (χ1n) is 6.56. The van der Waals surface area contributed by atoms with Crippen LogP contribution in [0.5, 0.6) is 0 Å². The van der Waals surface area contributed by atoms with Crippen molar-refractivity contribution >= 4 is 28.1 Å². The lowest BCUT2D eigenvalue weighted by Gasteiger charge is -2.27. The largest absolute Gasteiger partial charge is 0.387 e. The second-order valence-corrected chi connectivity index (χ2v) is 6.26. The standard InChI is InChI=1S/C14H17IN2O/c15-12-7-6-11-8-16-9-17(11)13(12)14(18)10-4-2-1-3-5-10/h6-10,14,18H,1-5H2/t14-/m1/s1. The second kappa shape index (κ2) is 5.17. The van der Waals surface area contributed by atoms with Gasteiger partial charge in [-0.2, -0.15) is 0 Å². The molecule has 0 saturated heterocycles. The third kappa shape index (κ3) is 2.16. The topological polar surface area (TPSA) is 37.5 Å². The van der Waals surface area contributed by atoms with Crippen LogP contribution >= 0.6 is 22.6 Å². The summed E-state index contributed by atoms with van der Waals surface area (Å²) >= 11 is 2.31. The summed E-state index contributed by atoms with van der Waals surface area (Å²) in [5, 5.41) is 10.7. The molecule has 0 aromatic carbocycles. The molecule has 2 heterocycles. The highest BCUT2D eigenvalue weighted by Crippen LogP contribution is 2.36. The number of aromatic nitrogens is 2. The van der Waals surface area contributed by atoms with Crippen LogP contribution in [-0.4, -0.2) is 14.5 Å². The lowest BCUT2D eigenvalue weighted by atomic mass is 9.84. The molecule has 2 aromatic rings. The summed E-state index contributed by atoms with van der Waals surface area (Å²) < 4.78 is 3.15. The van der Waals surface area contributed by atoms with Gasteiger partial charge in [0.2, 0.25) is 0 Å². The molecular weight excluding hydrogens is 339 g/mol. The number of rotatable bonds is 2. The maximum atomic E-state index is 10.7. The molecule has 0 unspecified atom stereocenters. The summed E-state index contributed by atoms with van der Waals surface area (Å²) in [5.41, 5.74) is 2.07. The third-order valence-electron chi connectivity index (χ3n) is 3.95. The number of aliphatic hydroxyl groups excluding tert-OH is 1. The molecule has 0 aliphatic heterocycles. The molecule has 1 fully saturated rings. The van der Waals surface area contributed by atoms with E-state index in [1.807, 2.05) is 16.7 Å². The number of fused-ring (bicyclic) bond motifs is 1. The predicted octanol–water partition coefficient (Wildman–Crippen LogP) is 3.55. The minimum absolute atomic E-state index is 0.366. The third-order valence-corrected chi connectivity index (χ3v) is 4.86. The monoisotopic (exact) mass is 356 g/mol. The van der Waals surface area contributed by atoms with Crippen molar-refractivity contribution in [3.63, 3.8) is 0 Å². The fourth-order valence-electron chi connectivity index (χ4n) is 2.95. The molecule has 18 heavy (non-hydrogen) atoms. The lowest BCUT2D eigenvalue weighted by molar-refractivity contribution is 0.0794. The average Bonchev–Trinajstić information content (AvgIpc) is 2.87. The van der Waals surface area contributed by atoms with Gasteiger partial charge in [0.1, 0.15) is 0 Å². The number of hydrogen-bond donors (Lipinski definition) is 1. The van der Waals surface area contributed by atoms with Crippen LogP contribution in [0.2, 0.25) is 0 Å². The van der Waals surface area contributed by atoms with Crippen molar-refractivity contribution in [2.75, 3.05) is 0 Å². The number of pyridine rings is 1. The van der Waals surface area contributed by atoms with Gasteiger partial charge in [0.05, 0.1) is 29.8 Å². The van der Waals surface area contributed by atoms with Gasteiger partial charge in [-0.05, 0) is 53.5 Å². The summed E-state index contributed by atoms with van der Waals surface area (Å²) in [6.07, 6.45) is 9.37. The fraction of sp³-hybridized carbons (Fsp3) is 0.500. The zero-order valence-corrected chi connectivity index (χ0v) is 12.4. The number of nitrogens with zero attached hydrogens (tertiary/aromatic N) is 2. The van der Waals surface area contributed by atoms with E-state index in [1.54, 1.807) is 6.33 Å². The molecule has 0 radical (unpaired) electrons. The molecule has 1 N–H and O–H groups in total. The Balaban J connectivity index is 2.01. The Bertz CT molecular complexity index is 546. The molecule has 96 valence electrons. The molecule has 1 aliphatic rings. The Morgan fingerprint density at radius 3 is 2.83 bits per heavy atom. The first-order valence-corrected chi connectivity index (χ1v) is 7.64. The summed E-state index contributed by atoms with van der Waals surface area (Å²) in [5.74, 6) is 0.403. The van der Waals surface area contributed by atoms with Crippen LogP contribution in [0.15, 0.2) is 24.7 Å². The number of aliphatic hydroxyl groups is 1. The van der Waals surface area contributed by atoms with E-state index in [2.05, 4.69) is 33.6 Å². The molecule has 2 aromatic heterocycles. The molecule has 3 nitrogen and oxygen atoms in total. The van der Waals surface area contributed by atoms with Crippen LogP contribution in [0.25, 0.3) is 5.52 Å². The first kappa shape index (κ1) is 12.4. The summed E-state index contributed by atoms with van der Waals surface area (Å²) in [6.45, 7) is 0. The first-order chi connectivity index (χ1) is 8.77. The highest BCUT2D eigenvalue weighted by molar-refractivity contribution is 14.1. The maximum absolute atomic E-state index is 10.7. The van der Waals surface area contributed by atoms with E-state index in [9.17, 15) is 5.11 Å². The molecule has 0 bridgehead atoms. The predicted molar refractivity (Wildman–Crippen MR) is 79.4 cm³/mol. The van der Waals surface area contributed by atoms with Gasteiger partial charge in [0, 0.05) is 3.57 Å². The van der Waals surface area contributed by atoms with Crippen LogP contribution in [0.3, 0.4) is 0 Å². The van der Waals surface area contributed by atoms with Crippen molar-refractivity contribution in [3.8, 4) is 0 Å². The van der Waals surface area contributed by atoms with E-state index in [4.69, 9.17) is 0 Å². The van der Waals surface area contributed by atoms with Crippen molar-refractivity contribution < 1.29 is 5.11 Å². The van der Waals surface area contributed by atoms with Gasteiger partial charge in [0.15, 0.2) is 0 Å². The Labute approximate surface area is 120 Å². The number of halogens is 1. The van der Waals surface area contributed by atoms with Crippen molar-refractivity contribution in [2.45, 2.75) is 38.2 Å². The van der Waals surface area contributed by atoms with Crippen molar-refractivity contribution in [1.29, 1.82) is 0 Å². The number of imidazole rings is 1. The quantitative estimate of drug-likeness (QED) is 0.836. The molecule has 0 spiro atoms. The maximum Gasteiger partial charge on any atom is 0.0995 e. The molecule has 0 amide bonds. The van der Waals surface area contributed by atoms with Gasteiger partial charge in [0.25, 0.3) is 0 Å². The molecule has 1 saturated carbocycles. The second-order valence-electron chi connectivity index (χ2n) is 5.10. The lowest BCUT2D eigenvalue weighted by Crippen LogP contribution is -2.19. The molecular formula is C14H17IN2O. The van der Waals surface area contributed by atoms with E-state index >= 15 is 0 Å². The van der Waals surface area contributed by atoms with Gasteiger partial charge >= 0.3 is 0 Å². The van der Waals surface area contributed by atoms with E-state index in [0.29, 0.717) is 5.92 Å². The van der Waals surface area contributed by atoms with Gasteiger partial charge in [-0.15, -0.1) is 0 Å². The SMILES string of the molecule is O[C@@H](c1c(I)ccc2cncn12)C1CCCCC1. The Hall–Kier alpha value is -0.620. The van der Waals surface area contributed by atoms with Crippen LogP contribution in [0.4, 0.5) is 0 Å². The summed E-state index contributed by atoms with van der Waals surface area (Å²) in [7, 11) is 0. The van der Waals surface area contributed by atoms with Crippen LogP contribution < -0.4 is 0 Å². The van der Waals surface area contributed by atoms with Crippen molar-refractivity contribution in [1.82, 2.24) is 9.38 Å². The zero-order valence-electron chi connectivity index (χ0n) is 10.2. The van der Waals surface area contributed by atoms with E-state index in [0.717, 1.165) is 27.6 Å². The minimum Gasteiger partial charge on any atom is -0.387 e. The summed E-state index contributed by atoms with van der Waals surface area (Å²) in [6, 6.07) is 4.12. The zero-order chi connectivity index (χ0) is 12.5. The minimum atomic E-state index is -0.366. The molecule has 3 rings (SSSR count). The van der Waals surface area contributed by atoms with Gasteiger partial charge in [-0.25, -0.2) is 4.98 Å². The Morgan fingerprint density at radius 1 is 1.28 bits per heavy atom. The highest BCUT2D eigenvalue weighted by Gasteiger charge is 2.26. The van der Waals surface area contributed by atoms with E-state index < -0.39 is 0 Å². The number of hydrogen-bond acceptors (Lipinski definition) is 2. The highest BCUT2D eigenvalue weighted by atomic mass is 127. The molecule has 1 aliphatic carbocycles. The molecule has 1 atom stereocenters. The van der Waals surface area contributed by atoms with E-state index in [-0.39, 0.29) is 6.10 Å². The average molecular weight is 356 g/mol. The van der Waals surface area contributed by atoms with Gasteiger partial charge in [-0.1, -0.05) is 19.3 Å². The molecule has 4 heteroatoms. The normalized spacial score (nSPS) is 19.2. The summed E-state index contributed by atoms with van der Waals surface area (Å²) in [4.78, 5) is 4.18.